The average Bonchev–Trinajstić information content (AvgIpc) is 3.55. The second kappa shape index (κ2) is 16.7. The van der Waals surface area contributed by atoms with Crippen molar-refractivity contribution in [3.63, 3.8) is 0 Å². The smallest absolute Gasteiger partial charge is 0.330 e. The van der Waals surface area contributed by atoms with Gasteiger partial charge in [0.2, 0.25) is 5.91 Å². The number of nitrogens with zero attached hydrogens (tertiary/aromatic N) is 3. The van der Waals surface area contributed by atoms with Crippen molar-refractivity contribution in [3.05, 3.63) is 71.5 Å². The van der Waals surface area contributed by atoms with Crippen molar-refractivity contribution in [1.82, 2.24) is 19.9 Å². The monoisotopic (exact) mass is 795 g/mol. The fourth-order valence-corrected chi connectivity index (χ4v) is 10.4. The quantitative estimate of drug-likeness (QED) is 0.150. The first kappa shape index (κ1) is 39.3. The molecule has 2 aromatic heterocycles. The minimum Gasteiger partial charge on any atom is -0.479 e. The molecule has 0 spiro atoms. The van der Waals surface area contributed by atoms with Gasteiger partial charge in [-0.1, -0.05) is 43.9 Å². The number of carboxylic acid groups (broad SMARTS) is 1. The molecule has 4 aromatic rings. The summed E-state index contributed by atoms with van der Waals surface area (Å²) in [4.78, 5) is 51.6. The first-order chi connectivity index (χ1) is 27.6. The average molecular weight is 796 g/mol. The van der Waals surface area contributed by atoms with Crippen molar-refractivity contribution in [1.29, 1.82) is 0 Å². The van der Waals surface area contributed by atoms with Crippen molar-refractivity contribution < 1.29 is 28.6 Å². The number of carbonyl (C=O) groups excluding carboxylic acids is 2. The molecular weight excluding hydrogens is 742 g/mol. The van der Waals surface area contributed by atoms with Crippen LogP contribution in [0.25, 0.3) is 21.6 Å². The number of hydrogen-bond acceptors (Lipinski definition) is 8. The summed E-state index contributed by atoms with van der Waals surface area (Å²) < 4.78 is 22.8. The molecule has 57 heavy (non-hydrogen) atoms. The number of fused-ring (bicyclic) bond motifs is 5. The summed E-state index contributed by atoms with van der Waals surface area (Å²) >= 11 is 1.65. The van der Waals surface area contributed by atoms with E-state index < -0.39 is 35.5 Å². The van der Waals surface area contributed by atoms with Crippen molar-refractivity contribution in [3.8, 4) is 16.6 Å². The van der Waals surface area contributed by atoms with E-state index in [0.717, 1.165) is 53.0 Å². The number of anilines is 1. The number of thiazole rings is 1. The number of rotatable bonds is 8. The molecule has 6 atom stereocenters. The van der Waals surface area contributed by atoms with E-state index >= 15 is 0 Å². The van der Waals surface area contributed by atoms with Crippen LogP contribution in [0.4, 0.5) is 10.1 Å². The van der Waals surface area contributed by atoms with E-state index in [1.165, 1.54) is 37.8 Å². The lowest BCUT2D eigenvalue weighted by atomic mass is 9.87. The van der Waals surface area contributed by atoms with Gasteiger partial charge in [-0.2, -0.15) is 4.98 Å². The molecule has 3 heterocycles. The standard InChI is InChI=1S/C45H54FN5O5S/c1-27(2)51-38-16-10-14-35(42-48-37(26-57-42)28-11-8-9-12-28)39(38)49-44(51)56-34-23-29-17-18-30(24-34)41(53)50-45(43(54)55)25-31(45)13-6-4-3-5-7-15-36(40(29)52)47-33-21-19-32(46)20-22-33/h6,10,13-14,16,19-22,26-31,34,36,47H,3-5,7-9,11-12,15,17-18,23-25H2,1-2H3,(H,50,53)(H,54,55). The number of benzene rings is 2. The molecule has 10 nitrogen and oxygen atoms in total. The second-order valence-corrected chi connectivity index (χ2v) is 17.9. The predicted molar refractivity (Wildman–Crippen MR) is 220 cm³/mol. The van der Waals surface area contributed by atoms with Gasteiger partial charge in [0.1, 0.15) is 28.0 Å². The van der Waals surface area contributed by atoms with E-state index in [4.69, 9.17) is 14.7 Å². The number of hydrogen-bond donors (Lipinski definition) is 3. The van der Waals surface area contributed by atoms with E-state index in [-0.39, 0.29) is 29.5 Å². The zero-order valence-corrected chi connectivity index (χ0v) is 33.7. The van der Waals surface area contributed by atoms with Crippen LogP contribution in [-0.2, 0) is 14.4 Å². The van der Waals surface area contributed by atoms with Crippen LogP contribution < -0.4 is 15.4 Å². The molecule has 3 N–H and O–H groups in total. The highest BCUT2D eigenvalue weighted by Crippen LogP contribution is 2.46. The number of amides is 1. The Morgan fingerprint density at radius 3 is 2.49 bits per heavy atom. The Morgan fingerprint density at radius 1 is 0.965 bits per heavy atom. The van der Waals surface area contributed by atoms with Crippen LogP contribution in [0.3, 0.4) is 0 Å². The Balaban J connectivity index is 1.13. The minimum absolute atomic E-state index is 0.00831. The number of carbonyl (C=O) groups is 3. The Bertz CT molecular complexity index is 2120. The summed E-state index contributed by atoms with van der Waals surface area (Å²) in [6.07, 6.45) is 14.2. The number of halogens is 1. The first-order valence-corrected chi connectivity index (χ1v) is 21.9. The fourth-order valence-electron chi connectivity index (χ4n) is 9.43. The molecule has 12 heteroatoms. The molecule has 0 saturated heterocycles. The molecule has 1 amide bonds. The van der Waals surface area contributed by atoms with Gasteiger partial charge in [-0.3, -0.25) is 14.2 Å². The molecule has 2 aromatic carbocycles. The lowest BCUT2D eigenvalue weighted by Crippen LogP contribution is -2.47. The van der Waals surface area contributed by atoms with Gasteiger partial charge in [-0.05, 0) is 114 Å². The van der Waals surface area contributed by atoms with E-state index in [1.807, 2.05) is 24.3 Å². The van der Waals surface area contributed by atoms with Crippen molar-refractivity contribution in [2.24, 2.45) is 17.8 Å². The maximum Gasteiger partial charge on any atom is 0.330 e. The van der Waals surface area contributed by atoms with Gasteiger partial charge in [0.15, 0.2) is 5.78 Å². The fraction of sp³-hybridized carbons (Fsp3) is 0.533. The lowest BCUT2D eigenvalue weighted by molar-refractivity contribution is -0.144. The highest BCUT2D eigenvalue weighted by molar-refractivity contribution is 7.13. The van der Waals surface area contributed by atoms with Crippen LogP contribution in [0.1, 0.15) is 121 Å². The van der Waals surface area contributed by atoms with Crippen LogP contribution in [0.15, 0.2) is 60.0 Å². The van der Waals surface area contributed by atoms with Gasteiger partial charge in [0, 0.05) is 46.3 Å². The molecule has 1 aliphatic heterocycles. The Morgan fingerprint density at radius 2 is 1.72 bits per heavy atom. The molecule has 0 radical (unpaired) electrons. The SMILES string of the molecule is CC(C)n1c(OC2CC3CCC(C2)C(=O)C(Nc2ccc(F)cc2)CCCCCC=CC2CC2(C(=O)O)NC3=O)nc2c(-c3nc(C4CCCC4)cs3)cccc21. The highest BCUT2D eigenvalue weighted by atomic mass is 32.1. The summed E-state index contributed by atoms with van der Waals surface area (Å²) in [6.45, 7) is 4.18. The summed E-state index contributed by atoms with van der Waals surface area (Å²) in [6, 6.07) is 12.2. The normalized spacial score (nSPS) is 27.5. The van der Waals surface area contributed by atoms with Crippen molar-refractivity contribution >= 4 is 45.7 Å². The number of aliphatic carboxylic acids is 1. The van der Waals surface area contributed by atoms with Gasteiger partial charge in [0.05, 0.1) is 17.3 Å². The summed E-state index contributed by atoms with van der Waals surface area (Å²) in [5.41, 5.74) is 3.19. The van der Waals surface area contributed by atoms with Gasteiger partial charge < -0.3 is 20.5 Å². The predicted octanol–water partition coefficient (Wildman–Crippen LogP) is 9.62. The largest absolute Gasteiger partial charge is 0.479 e. The summed E-state index contributed by atoms with van der Waals surface area (Å²) in [5.74, 6) is -2.39. The lowest BCUT2D eigenvalue weighted by Gasteiger charge is -2.26. The van der Waals surface area contributed by atoms with Crippen molar-refractivity contribution in [2.75, 3.05) is 5.32 Å². The van der Waals surface area contributed by atoms with E-state index in [9.17, 15) is 23.9 Å². The second-order valence-electron chi connectivity index (χ2n) is 17.0. The number of aromatic nitrogens is 3. The Labute approximate surface area is 337 Å². The summed E-state index contributed by atoms with van der Waals surface area (Å²) in [7, 11) is 0. The molecular formula is C45H54FN5O5S. The minimum atomic E-state index is -1.32. The topological polar surface area (TPSA) is 135 Å². The zero-order chi connectivity index (χ0) is 39.7. The van der Waals surface area contributed by atoms with Gasteiger partial charge in [0.25, 0.3) is 6.01 Å². The number of para-hydroxylation sites is 1. The molecule has 3 saturated carbocycles. The number of imidazole rings is 1. The van der Waals surface area contributed by atoms with E-state index in [2.05, 4.69) is 40.5 Å². The maximum atomic E-state index is 14.7. The van der Waals surface area contributed by atoms with Crippen LogP contribution in [0, 0.1) is 23.6 Å². The van der Waals surface area contributed by atoms with Crippen LogP contribution in [-0.4, -0.2) is 55.0 Å². The van der Waals surface area contributed by atoms with Crippen molar-refractivity contribution in [2.45, 2.75) is 133 Å². The number of ether oxygens (including phenoxy) is 1. The Hall–Kier alpha value is -4.58. The zero-order valence-electron chi connectivity index (χ0n) is 32.9. The molecule has 302 valence electrons. The Kier molecular flexibility index (Phi) is 11.5. The maximum absolute atomic E-state index is 14.7. The molecule has 3 fully saturated rings. The number of allylic oxidation sites excluding steroid dienone is 1. The molecule has 4 aliphatic rings. The number of carboxylic acids is 1. The van der Waals surface area contributed by atoms with Crippen LogP contribution in [0.2, 0.25) is 0 Å². The molecule has 3 aliphatic carbocycles. The number of ketones is 1. The number of Topliss-reactive ketones (excluding diaryl/α,β-unsaturated/α-hetero) is 1. The third-order valence-corrected chi connectivity index (χ3v) is 13.6. The highest BCUT2D eigenvalue weighted by Gasteiger charge is 2.61. The van der Waals surface area contributed by atoms with Gasteiger partial charge in [-0.15, -0.1) is 11.3 Å². The molecule has 8 rings (SSSR count). The molecule has 2 bridgehead atoms. The van der Waals surface area contributed by atoms with E-state index in [0.29, 0.717) is 56.1 Å². The first-order valence-electron chi connectivity index (χ1n) is 21.0. The van der Waals surface area contributed by atoms with Crippen LogP contribution in [0.5, 0.6) is 6.01 Å². The van der Waals surface area contributed by atoms with Crippen LogP contribution >= 0.6 is 11.3 Å². The van der Waals surface area contributed by atoms with Gasteiger partial charge in [-0.25, -0.2) is 14.2 Å². The van der Waals surface area contributed by atoms with Gasteiger partial charge >= 0.3 is 5.97 Å². The van der Waals surface area contributed by atoms with E-state index in [1.54, 1.807) is 23.5 Å². The number of nitrogens with one attached hydrogen (secondary N) is 2. The third kappa shape index (κ3) is 8.38. The third-order valence-electron chi connectivity index (χ3n) is 12.7. The molecule has 6 unspecified atom stereocenters. The summed E-state index contributed by atoms with van der Waals surface area (Å²) in [5, 5.41) is 19.8.